The smallest absolute Gasteiger partial charge is 0.00965 e. The standard InChI is InChI=1S/C13H26N2/c1-15-9-7-12(8-10-15)13(14)11-5-3-2-4-6-11/h11-13H,2-10,14H2,1H3. The second-order valence-electron chi connectivity index (χ2n) is 5.62. The van der Waals surface area contributed by atoms with Gasteiger partial charge in [-0.15, -0.1) is 0 Å². The molecule has 88 valence electrons. The van der Waals surface area contributed by atoms with Crippen LogP contribution >= 0.6 is 0 Å². The van der Waals surface area contributed by atoms with Crippen LogP contribution in [-0.2, 0) is 0 Å². The first-order valence-electron chi connectivity index (χ1n) is 6.71. The third-order valence-corrected chi connectivity index (χ3v) is 4.50. The number of hydrogen-bond donors (Lipinski definition) is 1. The van der Waals surface area contributed by atoms with Gasteiger partial charge in [-0.2, -0.15) is 0 Å². The molecular weight excluding hydrogens is 184 g/mol. The molecule has 2 rings (SSSR count). The Bertz CT molecular complexity index is 179. The van der Waals surface area contributed by atoms with Crippen LogP contribution in [0.15, 0.2) is 0 Å². The van der Waals surface area contributed by atoms with Gasteiger partial charge < -0.3 is 10.6 Å². The van der Waals surface area contributed by atoms with E-state index in [2.05, 4.69) is 11.9 Å². The van der Waals surface area contributed by atoms with Crippen molar-refractivity contribution in [1.82, 2.24) is 4.90 Å². The summed E-state index contributed by atoms with van der Waals surface area (Å²) in [5, 5.41) is 0. The van der Waals surface area contributed by atoms with Crippen molar-refractivity contribution in [2.45, 2.75) is 51.0 Å². The molecule has 0 aromatic heterocycles. The highest BCUT2D eigenvalue weighted by Gasteiger charge is 2.29. The highest BCUT2D eigenvalue weighted by Crippen LogP contribution is 2.31. The highest BCUT2D eigenvalue weighted by atomic mass is 15.1. The van der Waals surface area contributed by atoms with Crippen LogP contribution in [0.5, 0.6) is 0 Å². The van der Waals surface area contributed by atoms with Gasteiger partial charge in [0.15, 0.2) is 0 Å². The van der Waals surface area contributed by atoms with E-state index in [0.29, 0.717) is 6.04 Å². The topological polar surface area (TPSA) is 29.3 Å². The summed E-state index contributed by atoms with van der Waals surface area (Å²) in [6.07, 6.45) is 9.73. The van der Waals surface area contributed by atoms with Gasteiger partial charge in [0.1, 0.15) is 0 Å². The Labute approximate surface area is 94.2 Å². The Hall–Kier alpha value is -0.0800. The van der Waals surface area contributed by atoms with Crippen LogP contribution in [0.3, 0.4) is 0 Å². The number of nitrogens with zero attached hydrogens (tertiary/aromatic N) is 1. The Balaban J connectivity index is 1.81. The summed E-state index contributed by atoms with van der Waals surface area (Å²) in [4.78, 5) is 2.43. The minimum absolute atomic E-state index is 0.499. The molecule has 2 nitrogen and oxygen atoms in total. The lowest BCUT2D eigenvalue weighted by molar-refractivity contribution is 0.157. The van der Waals surface area contributed by atoms with E-state index in [1.807, 2.05) is 0 Å². The van der Waals surface area contributed by atoms with Crippen molar-refractivity contribution in [2.24, 2.45) is 17.6 Å². The normalized spacial score (nSPS) is 29.2. The molecule has 1 aliphatic carbocycles. The molecule has 15 heavy (non-hydrogen) atoms. The molecule has 1 aliphatic heterocycles. The van der Waals surface area contributed by atoms with Crippen LogP contribution in [0, 0.1) is 11.8 Å². The van der Waals surface area contributed by atoms with Gasteiger partial charge in [-0.1, -0.05) is 19.3 Å². The van der Waals surface area contributed by atoms with Crippen LogP contribution in [0.25, 0.3) is 0 Å². The molecule has 1 saturated carbocycles. The number of rotatable bonds is 2. The van der Waals surface area contributed by atoms with Gasteiger partial charge in [0.25, 0.3) is 0 Å². The predicted molar refractivity (Wildman–Crippen MR) is 64.8 cm³/mol. The first kappa shape index (κ1) is 11.4. The van der Waals surface area contributed by atoms with Crippen molar-refractivity contribution < 1.29 is 0 Å². The van der Waals surface area contributed by atoms with Crippen molar-refractivity contribution in [3.8, 4) is 0 Å². The molecular formula is C13H26N2. The summed E-state index contributed by atoms with van der Waals surface area (Å²) in [6, 6.07) is 0.499. The van der Waals surface area contributed by atoms with Crippen LogP contribution in [0.4, 0.5) is 0 Å². The van der Waals surface area contributed by atoms with Crippen LogP contribution < -0.4 is 5.73 Å². The Morgan fingerprint density at radius 2 is 1.47 bits per heavy atom. The molecule has 2 N–H and O–H groups in total. The van der Waals surface area contributed by atoms with Crippen molar-refractivity contribution in [3.05, 3.63) is 0 Å². The lowest BCUT2D eigenvalue weighted by Crippen LogP contribution is -2.43. The van der Waals surface area contributed by atoms with Crippen molar-refractivity contribution in [1.29, 1.82) is 0 Å². The molecule has 0 spiro atoms. The van der Waals surface area contributed by atoms with Crippen molar-refractivity contribution in [3.63, 3.8) is 0 Å². The number of likely N-dealkylation sites (tertiary alicyclic amines) is 1. The Morgan fingerprint density at radius 1 is 0.933 bits per heavy atom. The zero-order chi connectivity index (χ0) is 10.7. The van der Waals surface area contributed by atoms with Gasteiger partial charge in [0, 0.05) is 6.04 Å². The van der Waals surface area contributed by atoms with Crippen LogP contribution in [0.2, 0.25) is 0 Å². The van der Waals surface area contributed by atoms with E-state index in [9.17, 15) is 0 Å². The zero-order valence-electron chi connectivity index (χ0n) is 10.1. The number of piperidine rings is 1. The summed E-state index contributed by atoms with van der Waals surface area (Å²) in [7, 11) is 2.22. The molecule has 2 aliphatic rings. The maximum absolute atomic E-state index is 6.45. The molecule has 0 radical (unpaired) electrons. The molecule has 0 bridgehead atoms. The van der Waals surface area contributed by atoms with Gasteiger partial charge in [-0.05, 0) is 57.7 Å². The first-order valence-corrected chi connectivity index (χ1v) is 6.71. The molecule has 1 atom stereocenters. The minimum Gasteiger partial charge on any atom is -0.327 e. The van der Waals surface area contributed by atoms with E-state index in [4.69, 9.17) is 5.73 Å². The van der Waals surface area contributed by atoms with Crippen LogP contribution in [-0.4, -0.2) is 31.1 Å². The molecule has 1 heterocycles. The number of hydrogen-bond acceptors (Lipinski definition) is 2. The monoisotopic (exact) mass is 210 g/mol. The van der Waals surface area contributed by atoms with E-state index in [-0.39, 0.29) is 0 Å². The molecule has 0 aromatic carbocycles. The Morgan fingerprint density at radius 3 is 2.07 bits per heavy atom. The van der Waals surface area contributed by atoms with E-state index < -0.39 is 0 Å². The van der Waals surface area contributed by atoms with E-state index in [0.717, 1.165) is 11.8 Å². The lowest BCUT2D eigenvalue weighted by Gasteiger charge is -2.37. The molecule has 2 fully saturated rings. The van der Waals surface area contributed by atoms with E-state index in [1.54, 1.807) is 0 Å². The second-order valence-corrected chi connectivity index (χ2v) is 5.62. The van der Waals surface area contributed by atoms with E-state index in [1.165, 1.54) is 58.0 Å². The molecule has 0 aromatic rings. The Kier molecular flexibility index (Phi) is 4.04. The van der Waals surface area contributed by atoms with Gasteiger partial charge in [0.2, 0.25) is 0 Å². The predicted octanol–water partition coefficient (Wildman–Crippen LogP) is 2.24. The zero-order valence-corrected chi connectivity index (χ0v) is 10.1. The summed E-state index contributed by atoms with van der Waals surface area (Å²) in [6.45, 7) is 2.51. The fraction of sp³-hybridized carbons (Fsp3) is 1.00. The minimum atomic E-state index is 0.499. The fourth-order valence-corrected chi connectivity index (χ4v) is 3.32. The van der Waals surface area contributed by atoms with Gasteiger partial charge >= 0.3 is 0 Å². The van der Waals surface area contributed by atoms with Crippen molar-refractivity contribution >= 4 is 0 Å². The average Bonchev–Trinajstić information content (AvgIpc) is 2.30. The fourth-order valence-electron chi connectivity index (χ4n) is 3.32. The quantitative estimate of drug-likeness (QED) is 0.757. The largest absolute Gasteiger partial charge is 0.327 e. The SMILES string of the molecule is CN1CCC(C(N)C2CCCCC2)CC1. The number of nitrogens with two attached hydrogens (primary N) is 1. The summed E-state index contributed by atoms with van der Waals surface area (Å²) < 4.78 is 0. The van der Waals surface area contributed by atoms with Crippen molar-refractivity contribution in [2.75, 3.05) is 20.1 Å². The summed E-state index contributed by atoms with van der Waals surface area (Å²) in [5.74, 6) is 1.65. The second kappa shape index (κ2) is 5.31. The van der Waals surface area contributed by atoms with Gasteiger partial charge in [-0.3, -0.25) is 0 Å². The molecule has 1 saturated heterocycles. The van der Waals surface area contributed by atoms with Gasteiger partial charge in [-0.25, -0.2) is 0 Å². The highest BCUT2D eigenvalue weighted by molar-refractivity contribution is 4.85. The summed E-state index contributed by atoms with van der Waals surface area (Å²) >= 11 is 0. The third-order valence-electron chi connectivity index (χ3n) is 4.50. The van der Waals surface area contributed by atoms with E-state index >= 15 is 0 Å². The molecule has 1 unspecified atom stereocenters. The maximum Gasteiger partial charge on any atom is 0.00965 e. The van der Waals surface area contributed by atoms with Crippen LogP contribution in [0.1, 0.15) is 44.9 Å². The first-order chi connectivity index (χ1) is 7.27. The lowest BCUT2D eigenvalue weighted by atomic mass is 9.76. The average molecular weight is 210 g/mol. The maximum atomic E-state index is 6.45. The third kappa shape index (κ3) is 2.94. The molecule has 0 amide bonds. The molecule has 2 heteroatoms. The summed E-state index contributed by atoms with van der Waals surface area (Å²) in [5.41, 5.74) is 6.45. The van der Waals surface area contributed by atoms with Gasteiger partial charge in [0.05, 0.1) is 0 Å².